The van der Waals surface area contributed by atoms with Crippen molar-refractivity contribution >= 4 is 29.1 Å². The summed E-state index contributed by atoms with van der Waals surface area (Å²) < 4.78 is 5.07. The minimum Gasteiger partial charge on any atom is -0.495 e. The Balaban J connectivity index is 2.06. The second-order valence-corrected chi connectivity index (χ2v) is 6.21. The van der Waals surface area contributed by atoms with Crippen molar-refractivity contribution in [3.8, 4) is 5.75 Å². The summed E-state index contributed by atoms with van der Waals surface area (Å²) in [5, 5.41) is 13.7. The number of non-ortho nitro benzene ring substituents is 1. The van der Waals surface area contributed by atoms with Crippen LogP contribution in [0, 0.1) is 10.1 Å². The molecule has 0 saturated heterocycles. The van der Waals surface area contributed by atoms with Crippen molar-refractivity contribution in [3.05, 3.63) is 68.7 Å². The Labute approximate surface area is 160 Å². The molecule has 2 aromatic rings. The monoisotopic (exact) mass is 391 g/mol. The van der Waals surface area contributed by atoms with Gasteiger partial charge in [-0.1, -0.05) is 29.8 Å². The molecule has 8 nitrogen and oxygen atoms in total. The van der Waals surface area contributed by atoms with Gasteiger partial charge in [-0.05, 0) is 23.3 Å². The third kappa shape index (κ3) is 5.68. The van der Waals surface area contributed by atoms with E-state index in [2.05, 4.69) is 5.32 Å². The summed E-state index contributed by atoms with van der Waals surface area (Å²) in [5.41, 5.74) is 6.42. The summed E-state index contributed by atoms with van der Waals surface area (Å²) in [4.78, 5) is 34.2. The van der Waals surface area contributed by atoms with Gasteiger partial charge in [-0.25, -0.2) is 0 Å². The highest BCUT2D eigenvalue weighted by Crippen LogP contribution is 2.25. The number of carbonyl (C=O) groups excluding carboxylic acids is 2. The van der Waals surface area contributed by atoms with Gasteiger partial charge >= 0.3 is 0 Å². The first-order chi connectivity index (χ1) is 12.8. The van der Waals surface area contributed by atoms with E-state index in [0.29, 0.717) is 21.9 Å². The van der Waals surface area contributed by atoms with Gasteiger partial charge in [-0.2, -0.15) is 0 Å². The number of amides is 2. The molecule has 0 aliphatic rings. The van der Waals surface area contributed by atoms with Crippen LogP contribution in [0.2, 0.25) is 5.02 Å². The van der Waals surface area contributed by atoms with E-state index in [1.807, 2.05) is 0 Å². The van der Waals surface area contributed by atoms with Crippen molar-refractivity contribution < 1.29 is 19.2 Å². The Morgan fingerprint density at radius 1 is 1.26 bits per heavy atom. The summed E-state index contributed by atoms with van der Waals surface area (Å²) in [5.74, 6) is -0.681. The number of nitrogens with one attached hydrogen (secondary N) is 1. The third-order valence-electron chi connectivity index (χ3n) is 3.82. The zero-order chi connectivity index (χ0) is 20.0. The van der Waals surface area contributed by atoms with E-state index >= 15 is 0 Å². The Morgan fingerprint density at radius 2 is 2.00 bits per heavy atom. The second kappa shape index (κ2) is 9.00. The van der Waals surface area contributed by atoms with Crippen molar-refractivity contribution in [2.24, 2.45) is 5.73 Å². The highest BCUT2D eigenvalue weighted by Gasteiger charge is 2.20. The molecule has 0 fully saturated rings. The van der Waals surface area contributed by atoms with Gasteiger partial charge in [-0.3, -0.25) is 19.7 Å². The van der Waals surface area contributed by atoms with Gasteiger partial charge < -0.3 is 15.8 Å². The lowest BCUT2D eigenvalue weighted by molar-refractivity contribution is -0.384. The Hall–Kier alpha value is -3.13. The van der Waals surface area contributed by atoms with Crippen LogP contribution in [0.5, 0.6) is 5.75 Å². The largest absolute Gasteiger partial charge is 0.495 e. The maximum atomic E-state index is 12.2. The quantitative estimate of drug-likeness (QED) is 0.526. The van der Waals surface area contributed by atoms with Crippen molar-refractivity contribution in [2.45, 2.75) is 18.9 Å². The molecular formula is C18H18ClN3O5. The van der Waals surface area contributed by atoms with E-state index in [1.54, 1.807) is 24.3 Å². The number of nitrogens with two attached hydrogens (primary N) is 1. The molecule has 3 N–H and O–H groups in total. The molecule has 0 aliphatic carbocycles. The lowest BCUT2D eigenvalue weighted by Gasteiger charge is -2.16. The number of ether oxygens (including phenoxy) is 1. The summed E-state index contributed by atoms with van der Waals surface area (Å²) >= 11 is 6.06. The predicted octanol–water partition coefficient (Wildman–Crippen LogP) is 2.01. The molecule has 0 unspecified atom stereocenters. The number of methoxy groups -OCH3 is 1. The molecule has 0 aromatic heterocycles. The molecule has 0 aliphatic heterocycles. The molecule has 0 saturated carbocycles. The van der Waals surface area contributed by atoms with Crippen molar-refractivity contribution in [3.63, 3.8) is 0 Å². The van der Waals surface area contributed by atoms with Crippen LogP contribution < -0.4 is 15.8 Å². The van der Waals surface area contributed by atoms with Crippen LogP contribution in [0.1, 0.15) is 11.1 Å². The lowest BCUT2D eigenvalue weighted by Crippen LogP contribution is -2.46. The molecule has 2 amide bonds. The topological polar surface area (TPSA) is 125 Å². The number of benzene rings is 2. The van der Waals surface area contributed by atoms with Crippen LogP contribution in [0.4, 0.5) is 5.69 Å². The molecular weight excluding hydrogens is 374 g/mol. The number of rotatable bonds is 8. The van der Waals surface area contributed by atoms with Gasteiger partial charge in [0, 0.05) is 18.6 Å². The normalized spacial score (nSPS) is 11.5. The summed E-state index contributed by atoms with van der Waals surface area (Å²) in [6.45, 7) is 0. The molecule has 2 aromatic carbocycles. The predicted molar refractivity (Wildman–Crippen MR) is 99.6 cm³/mol. The molecule has 27 heavy (non-hydrogen) atoms. The standard InChI is InChI=1S/C18H18ClN3O5/c1-27-16-6-5-12(8-14(16)19)9-15(18(20)24)21-17(23)10-11-3-2-4-13(7-11)22(25)26/h2-8,15H,9-10H2,1H3,(H2,20,24)(H,21,23)/t15-/m1/s1. The molecule has 142 valence electrons. The summed E-state index contributed by atoms with van der Waals surface area (Å²) in [6.07, 6.45) is 0.0363. The third-order valence-corrected chi connectivity index (χ3v) is 4.12. The van der Waals surface area contributed by atoms with Gasteiger partial charge in [0.05, 0.1) is 23.5 Å². The van der Waals surface area contributed by atoms with Crippen LogP contribution >= 0.6 is 11.6 Å². The first kappa shape index (κ1) is 20.2. The minimum atomic E-state index is -0.944. The van der Waals surface area contributed by atoms with Crippen LogP contribution in [0.15, 0.2) is 42.5 Å². The van der Waals surface area contributed by atoms with Gasteiger partial charge in [0.2, 0.25) is 11.8 Å². The first-order valence-corrected chi connectivity index (χ1v) is 8.32. The zero-order valence-electron chi connectivity index (χ0n) is 14.5. The fourth-order valence-electron chi connectivity index (χ4n) is 2.51. The molecule has 0 heterocycles. The van der Waals surface area contributed by atoms with E-state index in [1.165, 1.54) is 25.3 Å². The Kier molecular flexibility index (Phi) is 6.73. The van der Waals surface area contributed by atoms with Crippen LogP contribution in [-0.4, -0.2) is 29.9 Å². The molecule has 9 heteroatoms. The number of hydrogen-bond acceptors (Lipinski definition) is 5. The zero-order valence-corrected chi connectivity index (χ0v) is 15.2. The van der Waals surface area contributed by atoms with Gasteiger partial charge in [0.15, 0.2) is 0 Å². The molecule has 0 radical (unpaired) electrons. The number of primary amides is 1. The van der Waals surface area contributed by atoms with E-state index < -0.39 is 22.8 Å². The number of carbonyl (C=O) groups is 2. The lowest BCUT2D eigenvalue weighted by atomic mass is 10.0. The average Bonchev–Trinajstić information content (AvgIpc) is 2.61. The fourth-order valence-corrected chi connectivity index (χ4v) is 2.79. The maximum Gasteiger partial charge on any atom is 0.269 e. The van der Waals surface area contributed by atoms with E-state index in [9.17, 15) is 19.7 Å². The molecule has 0 spiro atoms. The van der Waals surface area contributed by atoms with Crippen LogP contribution in [-0.2, 0) is 22.4 Å². The minimum absolute atomic E-state index is 0.111. The number of halogens is 1. The van der Waals surface area contributed by atoms with E-state index in [4.69, 9.17) is 22.1 Å². The Bertz CT molecular complexity index is 872. The number of nitrogens with zero attached hydrogens (tertiary/aromatic N) is 1. The smallest absolute Gasteiger partial charge is 0.269 e. The molecule has 1 atom stereocenters. The van der Waals surface area contributed by atoms with Gasteiger partial charge in [0.25, 0.3) is 5.69 Å². The Morgan fingerprint density at radius 3 is 2.59 bits per heavy atom. The highest BCUT2D eigenvalue weighted by atomic mass is 35.5. The first-order valence-electron chi connectivity index (χ1n) is 7.94. The van der Waals surface area contributed by atoms with E-state index in [0.717, 1.165) is 0 Å². The molecule has 2 rings (SSSR count). The van der Waals surface area contributed by atoms with E-state index in [-0.39, 0.29) is 18.5 Å². The summed E-state index contributed by atoms with van der Waals surface area (Å²) in [7, 11) is 1.49. The number of nitro groups is 1. The van der Waals surface area contributed by atoms with Crippen molar-refractivity contribution in [2.75, 3.05) is 7.11 Å². The summed E-state index contributed by atoms with van der Waals surface area (Å²) in [6, 6.07) is 9.78. The van der Waals surface area contributed by atoms with Crippen LogP contribution in [0.3, 0.4) is 0 Å². The number of hydrogen-bond donors (Lipinski definition) is 2. The highest BCUT2D eigenvalue weighted by molar-refractivity contribution is 6.32. The second-order valence-electron chi connectivity index (χ2n) is 5.80. The SMILES string of the molecule is COc1ccc(C[C@@H](NC(=O)Cc2cccc([N+](=O)[O-])c2)C(N)=O)cc1Cl. The van der Waals surface area contributed by atoms with Crippen molar-refractivity contribution in [1.82, 2.24) is 5.32 Å². The van der Waals surface area contributed by atoms with Gasteiger partial charge in [0.1, 0.15) is 11.8 Å². The molecule has 0 bridgehead atoms. The fraction of sp³-hybridized carbons (Fsp3) is 0.222. The van der Waals surface area contributed by atoms with Crippen LogP contribution in [0.25, 0.3) is 0 Å². The maximum absolute atomic E-state index is 12.2. The average molecular weight is 392 g/mol. The van der Waals surface area contributed by atoms with Gasteiger partial charge in [-0.15, -0.1) is 0 Å². The number of nitro benzene ring substituents is 1. The van der Waals surface area contributed by atoms with Crippen molar-refractivity contribution in [1.29, 1.82) is 0 Å².